The maximum Gasteiger partial charge on any atom is 0.230 e. The highest BCUT2D eigenvalue weighted by atomic mass is 16.5. The predicted molar refractivity (Wildman–Crippen MR) is 69.9 cm³/mol. The second-order valence-corrected chi connectivity index (χ2v) is 5.22. The molecular weight excluding hydrogens is 258 g/mol. The fourth-order valence-corrected chi connectivity index (χ4v) is 2.67. The van der Waals surface area contributed by atoms with Gasteiger partial charge in [-0.1, -0.05) is 10.3 Å². The van der Waals surface area contributed by atoms with Crippen LogP contribution in [-0.4, -0.2) is 27.7 Å². The summed E-state index contributed by atoms with van der Waals surface area (Å²) in [5, 5.41) is 7.84. The lowest BCUT2D eigenvalue weighted by molar-refractivity contribution is -0.131. The minimum Gasteiger partial charge on any atom is -0.361 e. The summed E-state index contributed by atoms with van der Waals surface area (Å²) < 4.78 is 10.2. The molecule has 0 N–H and O–H groups in total. The van der Waals surface area contributed by atoms with Gasteiger partial charge in [0.2, 0.25) is 5.91 Å². The summed E-state index contributed by atoms with van der Waals surface area (Å²) in [5.74, 6) is 1.42. The SMILES string of the molecule is Cc1cc(CC(=O)N2CCC[C@H]2c2cc(C)on2)on1. The van der Waals surface area contributed by atoms with Crippen LogP contribution >= 0.6 is 0 Å². The Balaban J connectivity index is 1.73. The molecule has 0 aliphatic carbocycles. The maximum atomic E-state index is 12.4. The highest BCUT2D eigenvalue weighted by molar-refractivity contribution is 5.78. The minimum absolute atomic E-state index is 0.0176. The van der Waals surface area contributed by atoms with Crippen molar-refractivity contribution in [2.24, 2.45) is 0 Å². The zero-order valence-electron chi connectivity index (χ0n) is 11.6. The van der Waals surface area contributed by atoms with Crippen molar-refractivity contribution in [3.05, 3.63) is 35.0 Å². The molecule has 1 amide bonds. The van der Waals surface area contributed by atoms with Gasteiger partial charge >= 0.3 is 0 Å². The standard InChI is InChI=1S/C14H17N3O3/c1-9-6-11(20-15-9)8-14(18)17-5-3-4-13(17)12-7-10(2)19-16-12/h6-7,13H,3-5,8H2,1-2H3/t13-/m0/s1. The maximum absolute atomic E-state index is 12.4. The van der Waals surface area contributed by atoms with E-state index in [1.54, 1.807) is 6.07 Å². The fourth-order valence-electron chi connectivity index (χ4n) is 2.67. The van der Waals surface area contributed by atoms with Crippen molar-refractivity contribution in [2.75, 3.05) is 6.54 Å². The number of carbonyl (C=O) groups is 1. The van der Waals surface area contributed by atoms with E-state index < -0.39 is 0 Å². The van der Waals surface area contributed by atoms with E-state index in [2.05, 4.69) is 10.3 Å². The summed E-state index contributed by atoms with van der Waals surface area (Å²) in [5.41, 5.74) is 1.62. The van der Waals surface area contributed by atoms with Gasteiger partial charge in [0.25, 0.3) is 0 Å². The molecule has 1 aliphatic rings. The number of hydrogen-bond donors (Lipinski definition) is 0. The van der Waals surface area contributed by atoms with Gasteiger partial charge in [0, 0.05) is 18.7 Å². The second kappa shape index (κ2) is 5.11. The first kappa shape index (κ1) is 12.9. The topological polar surface area (TPSA) is 72.4 Å². The van der Waals surface area contributed by atoms with E-state index in [1.807, 2.05) is 24.8 Å². The molecule has 1 fully saturated rings. The molecule has 1 atom stereocenters. The summed E-state index contributed by atoms with van der Waals surface area (Å²) in [4.78, 5) is 14.3. The van der Waals surface area contributed by atoms with Crippen LogP contribution in [0.15, 0.2) is 21.2 Å². The first-order valence-electron chi connectivity index (χ1n) is 6.78. The normalized spacial score (nSPS) is 18.7. The van der Waals surface area contributed by atoms with Gasteiger partial charge in [-0.2, -0.15) is 0 Å². The summed E-state index contributed by atoms with van der Waals surface area (Å²) in [6.45, 7) is 4.45. The Morgan fingerprint density at radius 1 is 1.35 bits per heavy atom. The van der Waals surface area contributed by atoms with E-state index in [4.69, 9.17) is 9.05 Å². The average Bonchev–Trinajstić information content (AvgIpc) is 3.09. The van der Waals surface area contributed by atoms with E-state index in [1.165, 1.54) is 0 Å². The van der Waals surface area contributed by atoms with Crippen molar-refractivity contribution in [1.29, 1.82) is 0 Å². The van der Waals surface area contributed by atoms with Crippen LogP contribution in [0.3, 0.4) is 0 Å². The van der Waals surface area contributed by atoms with Crippen LogP contribution in [0.1, 0.15) is 41.8 Å². The molecule has 2 aromatic rings. The lowest BCUT2D eigenvalue weighted by atomic mass is 10.1. The van der Waals surface area contributed by atoms with Gasteiger partial charge in [-0.3, -0.25) is 4.79 Å². The third-order valence-electron chi connectivity index (χ3n) is 3.56. The van der Waals surface area contributed by atoms with Crippen LogP contribution in [0.25, 0.3) is 0 Å². The molecule has 0 saturated carbocycles. The van der Waals surface area contributed by atoms with Gasteiger partial charge in [0.15, 0.2) is 0 Å². The van der Waals surface area contributed by atoms with Crippen LogP contribution in [0, 0.1) is 13.8 Å². The van der Waals surface area contributed by atoms with Crippen molar-refractivity contribution >= 4 is 5.91 Å². The summed E-state index contributed by atoms with van der Waals surface area (Å²) in [6, 6.07) is 3.71. The van der Waals surface area contributed by atoms with Gasteiger partial charge < -0.3 is 13.9 Å². The number of nitrogens with zero attached hydrogens (tertiary/aromatic N) is 3. The zero-order chi connectivity index (χ0) is 14.1. The molecule has 6 nitrogen and oxygen atoms in total. The molecular formula is C14H17N3O3. The number of carbonyl (C=O) groups excluding carboxylic acids is 1. The number of aromatic nitrogens is 2. The van der Waals surface area contributed by atoms with E-state index in [9.17, 15) is 4.79 Å². The molecule has 20 heavy (non-hydrogen) atoms. The van der Waals surface area contributed by atoms with Gasteiger partial charge in [-0.15, -0.1) is 0 Å². The van der Waals surface area contributed by atoms with Crippen molar-refractivity contribution in [1.82, 2.24) is 15.2 Å². The van der Waals surface area contributed by atoms with E-state index in [0.717, 1.165) is 36.5 Å². The molecule has 106 valence electrons. The third-order valence-corrected chi connectivity index (χ3v) is 3.56. The number of aryl methyl sites for hydroxylation is 2. The lowest BCUT2D eigenvalue weighted by Gasteiger charge is -2.22. The van der Waals surface area contributed by atoms with Gasteiger partial charge in [-0.05, 0) is 26.7 Å². The van der Waals surface area contributed by atoms with Crippen LogP contribution in [0.5, 0.6) is 0 Å². The Hall–Kier alpha value is -2.11. The highest BCUT2D eigenvalue weighted by Gasteiger charge is 2.32. The monoisotopic (exact) mass is 275 g/mol. The largest absolute Gasteiger partial charge is 0.361 e. The molecule has 1 aliphatic heterocycles. The molecule has 0 unspecified atom stereocenters. The summed E-state index contributed by atoms with van der Waals surface area (Å²) in [7, 11) is 0. The van der Waals surface area contributed by atoms with E-state index in [-0.39, 0.29) is 18.4 Å². The number of hydrogen-bond acceptors (Lipinski definition) is 5. The Morgan fingerprint density at radius 3 is 2.85 bits per heavy atom. The molecule has 0 bridgehead atoms. The van der Waals surface area contributed by atoms with Crippen LogP contribution in [0.4, 0.5) is 0 Å². The fraction of sp³-hybridized carbons (Fsp3) is 0.500. The Kier molecular flexibility index (Phi) is 3.30. The molecule has 3 heterocycles. The first-order valence-corrected chi connectivity index (χ1v) is 6.78. The summed E-state index contributed by atoms with van der Waals surface area (Å²) >= 11 is 0. The lowest BCUT2D eigenvalue weighted by Crippen LogP contribution is -2.31. The zero-order valence-corrected chi connectivity index (χ0v) is 11.6. The van der Waals surface area contributed by atoms with E-state index >= 15 is 0 Å². The smallest absolute Gasteiger partial charge is 0.230 e. The molecule has 6 heteroatoms. The van der Waals surface area contributed by atoms with Crippen molar-refractivity contribution in [3.8, 4) is 0 Å². The molecule has 2 aromatic heterocycles. The quantitative estimate of drug-likeness (QED) is 0.858. The highest BCUT2D eigenvalue weighted by Crippen LogP contribution is 2.32. The Labute approximate surface area is 116 Å². The molecule has 1 saturated heterocycles. The molecule has 0 spiro atoms. The van der Waals surface area contributed by atoms with Crippen LogP contribution < -0.4 is 0 Å². The van der Waals surface area contributed by atoms with Crippen LogP contribution in [0.2, 0.25) is 0 Å². The van der Waals surface area contributed by atoms with Gasteiger partial charge in [0.05, 0.1) is 18.2 Å². The molecule has 0 radical (unpaired) electrons. The molecule has 3 rings (SSSR count). The van der Waals surface area contributed by atoms with Crippen LogP contribution in [-0.2, 0) is 11.2 Å². The Morgan fingerprint density at radius 2 is 2.20 bits per heavy atom. The van der Waals surface area contributed by atoms with Gasteiger partial charge in [-0.25, -0.2) is 0 Å². The van der Waals surface area contributed by atoms with Crippen molar-refractivity contribution < 1.29 is 13.8 Å². The number of rotatable bonds is 3. The summed E-state index contributed by atoms with van der Waals surface area (Å²) in [6.07, 6.45) is 2.15. The minimum atomic E-state index is 0.0176. The van der Waals surface area contributed by atoms with Crippen molar-refractivity contribution in [3.63, 3.8) is 0 Å². The third kappa shape index (κ3) is 2.45. The molecule has 0 aromatic carbocycles. The first-order chi connectivity index (χ1) is 9.63. The number of amides is 1. The number of likely N-dealkylation sites (tertiary alicyclic amines) is 1. The van der Waals surface area contributed by atoms with Crippen molar-refractivity contribution in [2.45, 2.75) is 39.2 Å². The average molecular weight is 275 g/mol. The van der Waals surface area contributed by atoms with E-state index in [0.29, 0.717) is 5.76 Å². The second-order valence-electron chi connectivity index (χ2n) is 5.22. The van der Waals surface area contributed by atoms with Gasteiger partial charge in [0.1, 0.15) is 17.2 Å². The predicted octanol–water partition coefficient (Wildman–Crippen LogP) is 2.19. The Bertz CT molecular complexity index is 617.